The Morgan fingerprint density at radius 3 is 1.72 bits per heavy atom. The molecular weight excluding hydrogens is 529 g/mol. The second-order valence-corrected chi connectivity index (χ2v) is 9.10. The van der Waals surface area contributed by atoms with Crippen molar-refractivity contribution in [1.29, 1.82) is 0 Å². The van der Waals surface area contributed by atoms with E-state index in [0.717, 1.165) is 71.1 Å². The molecule has 4 aromatic carbocycles. The van der Waals surface area contributed by atoms with E-state index in [1.165, 1.54) is 5.56 Å². The highest BCUT2D eigenvalue weighted by Gasteiger charge is 2.09. The number of aryl methyl sites for hydroxylation is 1. The van der Waals surface area contributed by atoms with Gasteiger partial charge in [-0.3, -0.25) is 0 Å². The number of pyridine rings is 1. The first-order valence-corrected chi connectivity index (χ1v) is 12.7. The summed E-state index contributed by atoms with van der Waals surface area (Å²) in [4.78, 5) is 17.3. The van der Waals surface area contributed by atoms with Gasteiger partial charge in [-0.25, -0.2) is 9.78 Å². The third-order valence-electron chi connectivity index (χ3n) is 6.38. The van der Waals surface area contributed by atoms with E-state index in [0.29, 0.717) is 5.69 Å². The Morgan fingerprint density at radius 2 is 1.15 bits per heavy atom. The number of fused-ring (bicyclic) bond motifs is 2. The van der Waals surface area contributed by atoms with Gasteiger partial charge in [0, 0.05) is 27.8 Å². The Kier molecular flexibility index (Phi) is 10.9. The highest BCUT2D eigenvalue weighted by molar-refractivity contribution is 6.08. The Morgan fingerprint density at radius 1 is 0.641 bits per heavy atom. The van der Waals surface area contributed by atoms with Crippen LogP contribution < -0.4 is 21.7 Å². The molecule has 0 unspecified atom stereocenters. The molecular formula is C31H33Cl2N5O. The summed E-state index contributed by atoms with van der Waals surface area (Å²) in [6.45, 7) is 0.746. The van der Waals surface area contributed by atoms with Crippen LogP contribution in [0.2, 0.25) is 0 Å². The monoisotopic (exact) mass is 561 g/mol. The number of rotatable bonds is 9. The summed E-state index contributed by atoms with van der Waals surface area (Å²) in [6.07, 6.45) is 4.36. The fourth-order valence-electron chi connectivity index (χ4n) is 4.45. The average molecular weight is 563 g/mol. The Bertz CT molecular complexity index is 1450. The molecule has 1 aromatic heterocycles. The van der Waals surface area contributed by atoms with Crippen molar-refractivity contribution in [2.75, 3.05) is 22.5 Å². The van der Waals surface area contributed by atoms with Gasteiger partial charge in [-0.15, -0.1) is 24.8 Å². The topological polar surface area (TPSA) is 92.1 Å². The van der Waals surface area contributed by atoms with Crippen LogP contribution in [0.1, 0.15) is 24.8 Å². The van der Waals surface area contributed by atoms with Crippen molar-refractivity contribution in [2.45, 2.75) is 25.7 Å². The number of hydrogen-bond acceptors (Lipinski definition) is 4. The number of nitrogens with one attached hydrogen (secondary N) is 3. The van der Waals surface area contributed by atoms with Gasteiger partial charge in [-0.1, -0.05) is 55.0 Å². The predicted molar refractivity (Wildman–Crippen MR) is 169 cm³/mol. The summed E-state index contributed by atoms with van der Waals surface area (Å²) < 4.78 is 0. The SMILES string of the molecule is Cl.Cl.NCCCCCc1ccc(NC(=O)Nc2ccc(Nc3c4ccccc4nc4ccccc34)cc2)cc1. The molecule has 5 aromatic rings. The van der Waals surface area contributed by atoms with Crippen LogP contribution in [0.3, 0.4) is 0 Å². The largest absolute Gasteiger partial charge is 0.354 e. The smallest absolute Gasteiger partial charge is 0.323 e. The number of carbonyl (C=O) groups is 1. The van der Waals surface area contributed by atoms with Crippen molar-refractivity contribution in [1.82, 2.24) is 4.98 Å². The number of unbranched alkanes of at least 4 members (excludes halogenated alkanes) is 2. The fraction of sp³-hybridized carbons (Fsp3) is 0.161. The van der Waals surface area contributed by atoms with Crippen LogP contribution in [0.15, 0.2) is 97.1 Å². The Hall–Kier alpha value is -3.84. The van der Waals surface area contributed by atoms with E-state index in [2.05, 4.69) is 40.2 Å². The van der Waals surface area contributed by atoms with Crippen LogP contribution in [0, 0.1) is 0 Å². The van der Waals surface area contributed by atoms with Crippen LogP contribution >= 0.6 is 24.8 Å². The maximum absolute atomic E-state index is 12.5. The summed E-state index contributed by atoms with van der Waals surface area (Å²) in [5.41, 5.74) is 12.1. The number of nitrogens with zero attached hydrogens (tertiary/aromatic N) is 1. The van der Waals surface area contributed by atoms with Crippen molar-refractivity contribution >= 4 is 75.4 Å². The molecule has 0 spiro atoms. The van der Waals surface area contributed by atoms with Gasteiger partial charge in [-0.05, 0) is 79.9 Å². The van der Waals surface area contributed by atoms with E-state index in [1.807, 2.05) is 72.8 Å². The molecule has 0 bridgehead atoms. The molecule has 2 amide bonds. The molecule has 8 heteroatoms. The molecule has 39 heavy (non-hydrogen) atoms. The van der Waals surface area contributed by atoms with Crippen LogP contribution in [0.25, 0.3) is 21.8 Å². The lowest BCUT2D eigenvalue weighted by Crippen LogP contribution is -2.19. The standard InChI is InChI=1S/C31H31N5O.2ClH/c32-21-7-1-2-8-22-13-15-24(16-14-22)34-31(37)35-25-19-17-23(18-20-25)33-30-26-9-3-5-11-28(26)36-29-12-6-4-10-27(29)30;;/h3-6,9-20H,1-2,7-8,21,32H2,(H,33,36)(H2,34,35,37);2*1H. The van der Waals surface area contributed by atoms with E-state index >= 15 is 0 Å². The van der Waals surface area contributed by atoms with Gasteiger partial charge >= 0.3 is 6.03 Å². The zero-order valence-electron chi connectivity index (χ0n) is 21.5. The Balaban J connectivity index is 0.00000210. The number of amides is 2. The zero-order chi connectivity index (χ0) is 25.5. The highest BCUT2D eigenvalue weighted by atomic mass is 35.5. The molecule has 0 aliphatic rings. The number of carbonyl (C=O) groups excluding carboxylic acids is 1. The van der Waals surface area contributed by atoms with E-state index in [4.69, 9.17) is 10.7 Å². The van der Waals surface area contributed by atoms with Crippen molar-refractivity contribution < 1.29 is 4.79 Å². The van der Waals surface area contributed by atoms with Gasteiger partial charge in [0.15, 0.2) is 0 Å². The molecule has 5 N–H and O–H groups in total. The van der Waals surface area contributed by atoms with Crippen LogP contribution in [0.5, 0.6) is 0 Å². The molecule has 6 nitrogen and oxygen atoms in total. The summed E-state index contributed by atoms with van der Waals surface area (Å²) in [7, 11) is 0. The minimum Gasteiger partial charge on any atom is -0.354 e. The number of para-hydroxylation sites is 2. The second-order valence-electron chi connectivity index (χ2n) is 9.10. The molecule has 0 saturated heterocycles. The summed E-state index contributed by atoms with van der Waals surface area (Å²) in [5, 5.41) is 11.5. The molecule has 1 heterocycles. The van der Waals surface area contributed by atoms with Crippen molar-refractivity contribution in [3.63, 3.8) is 0 Å². The average Bonchev–Trinajstić information content (AvgIpc) is 2.93. The summed E-state index contributed by atoms with van der Waals surface area (Å²) in [6, 6.07) is 31.6. The molecule has 0 radical (unpaired) electrons. The maximum atomic E-state index is 12.5. The van der Waals surface area contributed by atoms with Crippen molar-refractivity contribution in [2.24, 2.45) is 5.73 Å². The number of aromatic nitrogens is 1. The minimum absolute atomic E-state index is 0. The van der Waals surface area contributed by atoms with Gasteiger partial charge < -0.3 is 21.7 Å². The van der Waals surface area contributed by atoms with Crippen LogP contribution in [-0.2, 0) is 6.42 Å². The lowest BCUT2D eigenvalue weighted by atomic mass is 10.1. The lowest BCUT2D eigenvalue weighted by Gasteiger charge is -2.14. The fourth-order valence-corrected chi connectivity index (χ4v) is 4.45. The first-order valence-electron chi connectivity index (χ1n) is 12.7. The Labute approximate surface area is 241 Å². The predicted octanol–water partition coefficient (Wildman–Crippen LogP) is 8.29. The summed E-state index contributed by atoms with van der Waals surface area (Å²) >= 11 is 0. The third-order valence-corrected chi connectivity index (χ3v) is 6.38. The molecule has 0 saturated carbocycles. The van der Waals surface area contributed by atoms with E-state index in [-0.39, 0.29) is 30.8 Å². The van der Waals surface area contributed by atoms with Gasteiger partial charge in [0.2, 0.25) is 0 Å². The van der Waals surface area contributed by atoms with E-state index < -0.39 is 0 Å². The van der Waals surface area contributed by atoms with Crippen LogP contribution in [-0.4, -0.2) is 17.6 Å². The van der Waals surface area contributed by atoms with E-state index in [1.54, 1.807) is 0 Å². The van der Waals surface area contributed by atoms with Gasteiger partial charge in [-0.2, -0.15) is 0 Å². The molecule has 0 aliphatic heterocycles. The normalized spacial score (nSPS) is 10.4. The number of anilines is 4. The van der Waals surface area contributed by atoms with E-state index in [9.17, 15) is 4.79 Å². The molecule has 0 atom stereocenters. The van der Waals surface area contributed by atoms with Gasteiger partial charge in [0.1, 0.15) is 0 Å². The second kappa shape index (κ2) is 14.4. The number of halogens is 2. The highest BCUT2D eigenvalue weighted by Crippen LogP contribution is 2.33. The quantitative estimate of drug-likeness (QED) is 0.107. The number of urea groups is 1. The molecule has 0 fully saturated rings. The number of nitrogens with two attached hydrogens (primary N) is 1. The first kappa shape index (κ1) is 29.7. The van der Waals surface area contributed by atoms with Crippen molar-refractivity contribution in [3.05, 3.63) is 103 Å². The zero-order valence-corrected chi connectivity index (χ0v) is 23.2. The maximum Gasteiger partial charge on any atom is 0.323 e. The van der Waals surface area contributed by atoms with Gasteiger partial charge in [0.25, 0.3) is 0 Å². The summed E-state index contributed by atoms with van der Waals surface area (Å²) in [5.74, 6) is 0. The third kappa shape index (κ3) is 7.60. The van der Waals surface area contributed by atoms with Crippen LogP contribution in [0.4, 0.5) is 27.5 Å². The lowest BCUT2D eigenvalue weighted by molar-refractivity contribution is 0.262. The number of hydrogen-bond donors (Lipinski definition) is 4. The molecule has 0 aliphatic carbocycles. The first-order chi connectivity index (χ1) is 18.2. The molecule has 202 valence electrons. The van der Waals surface area contributed by atoms with Crippen molar-refractivity contribution in [3.8, 4) is 0 Å². The molecule has 5 rings (SSSR count). The minimum atomic E-state index is -0.275. The van der Waals surface area contributed by atoms with Gasteiger partial charge in [0.05, 0.1) is 16.7 Å². The number of benzene rings is 4.